The molecule has 0 unspecified atom stereocenters. The van der Waals surface area contributed by atoms with E-state index < -0.39 is 6.04 Å². The maximum Gasteiger partial charge on any atom is 0.241 e. The number of hydrogen-bond acceptors (Lipinski definition) is 3. The van der Waals surface area contributed by atoms with E-state index in [4.69, 9.17) is 5.73 Å². The van der Waals surface area contributed by atoms with Gasteiger partial charge in [0.25, 0.3) is 0 Å². The Hall–Kier alpha value is -1.88. The van der Waals surface area contributed by atoms with Crippen LogP contribution in [0.3, 0.4) is 0 Å². The third-order valence-electron chi connectivity index (χ3n) is 3.12. The maximum absolute atomic E-state index is 11.7. The summed E-state index contributed by atoms with van der Waals surface area (Å²) < 4.78 is 0. The molecule has 1 aliphatic carbocycles. The fraction of sp³-hybridized carbons (Fsp3) is 0.429. The van der Waals surface area contributed by atoms with Gasteiger partial charge in [0, 0.05) is 17.3 Å². The van der Waals surface area contributed by atoms with Gasteiger partial charge < -0.3 is 16.4 Å². The fourth-order valence-corrected chi connectivity index (χ4v) is 1.67. The lowest BCUT2D eigenvalue weighted by atomic mass is 10.1. The molecular formula is C14H19N3O2. The van der Waals surface area contributed by atoms with Gasteiger partial charge >= 0.3 is 0 Å². The average Bonchev–Trinajstić information content (AvgIpc) is 3.17. The second-order valence-corrected chi connectivity index (χ2v) is 5.07. The molecule has 0 radical (unpaired) electrons. The highest BCUT2D eigenvalue weighted by atomic mass is 16.2. The van der Waals surface area contributed by atoms with Crippen molar-refractivity contribution in [2.24, 2.45) is 11.7 Å². The highest BCUT2D eigenvalue weighted by Crippen LogP contribution is 2.30. The molecule has 0 heterocycles. The zero-order valence-electron chi connectivity index (χ0n) is 11.2. The van der Waals surface area contributed by atoms with Crippen LogP contribution in [-0.2, 0) is 9.59 Å². The molecule has 0 aromatic heterocycles. The summed E-state index contributed by atoms with van der Waals surface area (Å²) in [6, 6.07) is 4.89. The molecule has 0 saturated heterocycles. The Balaban J connectivity index is 2.09. The summed E-state index contributed by atoms with van der Waals surface area (Å²) in [6.45, 7) is 3.52. The summed E-state index contributed by atoms with van der Waals surface area (Å²) in [5, 5.41) is 5.61. The van der Waals surface area contributed by atoms with Gasteiger partial charge in [0.15, 0.2) is 0 Å². The lowest BCUT2D eigenvalue weighted by Crippen LogP contribution is -2.32. The van der Waals surface area contributed by atoms with Crippen LogP contribution in [0, 0.1) is 12.8 Å². The van der Waals surface area contributed by atoms with E-state index in [2.05, 4.69) is 10.6 Å². The minimum Gasteiger partial charge on any atom is -0.326 e. The Labute approximate surface area is 112 Å². The van der Waals surface area contributed by atoms with Crippen molar-refractivity contribution in [3.05, 3.63) is 23.8 Å². The maximum atomic E-state index is 11.7. The van der Waals surface area contributed by atoms with E-state index in [1.807, 2.05) is 19.1 Å². The van der Waals surface area contributed by atoms with Crippen LogP contribution in [0.4, 0.5) is 11.4 Å². The topological polar surface area (TPSA) is 84.2 Å². The van der Waals surface area contributed by atoms with Gasteiger partial charge in [-0.25, -0.2) is 0 Å². The lowest BCUT2D eigenvalue weighted by molar-refractivity contribution is -0.117. The first-order chi connectivity index (χ1) is 8.97. The monoisotopic (exact) mass is 261 g/mol. The van der Waals surface area contributed by atoms with Crippen molar-refractivity contribution in [1.29, 1.82) is 0 Å². The summed E-state index contributed by atoms with van der Waals surface area (Å²) in [7, 11) is 0. The van der Waals surface area contributed by atoms with E-state index in [-0.39, 0.29) is 17.7 Å². The Morgan fingerprint density at radius 3 is 2.58 bits per heavy atom. The molecule has 0 bridgehead atoms. The molecule has 1 aliphatic rings. The van der Waals surface area contributed by atoms with Gasteiger partial charge in [-0.05, 0) is 44.4 Å². The molecule has 1 aromatic rings. The van der Waals surface area contributed by atoms with Crippen LogP contribution in [0.2, 0.25) is 0 Å². The molecule has 19 heavy (non-hydrogen) atoms. The Bertz CT molecular complexity index is 507. The van der Waals surface area contributed by atoms with Gasteiger partial charge in [-0.1, -0.05) is 6.07 Å². The number of carbonyl (C=O) groups is 2. The number of carbonyl (C=O) groups excluding carboxylic acids is 2. The molecule has 1 saturated carbocycles. The second-order valence-electron chi connectivity index (χ2n) is 5.07. The SMILES string of the molecule is Cc1ccc(NC(=O)C2CC2)cc1NC(=O)[C@@H](C)N. The van der Waals surface area contributed by atoms with Gasteiger partial charge in [-0.3, -0.25) is 9.59 Å². The Morgan fingerprint density at radius 1 is 1.32 bits per heavy atom. The molecule has 5 nitrogen and oxygen atoms in total. The molecule has 1 fully saturated rings. The first kappa shape index (κ1) is 13.5. The van der Waals surface area contributed by atoms with Gasteiger partial charge in [-0.15, -0.1) is 0 Å². The number of aryl methyl sites for hydroxylation is 1. The normalized spacial score (nSPS) is 15.7. The molecule has 102 valence electrons. The number of nitrogens with one attached hydrogen (secondary N) is 2. The third-order valence-corrected chi connectivity index (χ3v) is 3.12. The van der Waals surface area contributed by atoms with Crippen LogP contribution in [0.1, 0.15) is 25.3 Å². The van der Waals surface area contributed by atoms with E-state index in [0.29, 0.717) is 11.4 Å². The summed E-state index contributed by atoms with van der Waals surface area (Å²) in [4.78, 5) is 23.3. The molecule has 2 amide bonds. The second kappa shape index (κ2) is 5.40. The van der Waals surface area contributed by atoms with Crippen molar-refractivity contribution >= 4 is 23.2 Å². The minimum atomic E-state index is -0.566. The number of nitrogens with two attached hydrogens (primary N) is 1. The van der Waals surface area contributed by atoms with Gasteiger partial charge in [-0.2, -0.15) is 0 Å². The van der Waals surface area contributed by atoms with E-state index in [0.717, 1.165) is 18.4 Å². The van der Waals surface area contributed by atoms with Gasteiger partial charge in [0.05, 0.1) is 6.04 Å². The van der Waals surface area contributed by atoms with Crippen LogP contribution in [0.15, 0.2) is 18.2 Å². The number of rotatable bonds is 4. The van der Waals surface area contributed by atoms with Crippen LogP contribution in [0.5, 0.6) is 0 Å². The predicted octanol–water partition coefficient (Wildman–Crippen LogP) is 1.63. The van der Waals surface area contributed by atoms with Crippen molar-refractivity contribution in [2.75, 3.05) is 10.6 Å². The summed E-state index contributed by atoms with van der Waals surface area (Å²) in [5.41, 5.74) is 7.82. The summed E-state index contributed by atoms with van der Waals surface area (Å²) >= 11 is 0. The Morgan fingerprint density at radius 2 is 2.00 bits per heavy atom. The summed E-state index contributed by atoms with van der Waals surface area (Å²) in [6.07, 6.45) is 1.93. The van der Waals surface area contributed by atoms with Crippen LogP contribution in [-0.4, -0.2) is 17.9 Å². The largest absolute Gasteiger partial charge is 0.326 e. The smallest absolute Gasteiger partial charge is 0.241 e. The molecule has 0 aliphatic heterocycles. The molecule has 4 N–H and O–H groups in total. The third kappa shape index (κ3) is 3.54. The predicted molar refractivity (Wildman–Crippen MR) is 74.8 cm³/mol. The van der Waals surface area contributed by atoms with Crippen molar-refractivity contribution in [1.82, 2.24) is 0 Å². The molecular weight excluding hydrogens is 242 g/mol. The van der Waals surface area contributed by atoms with Crippen molar-refractivity contribution in [3.8, 4) is 0 Å². The molecule has 1 atom stereocenters. The highest BCUT2D eigenvalue weighted by Gasteiger charge is 2.29. The van der Waals surface area contributed by atoms with E-state index >= 15 is 0 Å². The van der Waals surface area contributed by atoms with Crippen molar-refractivity contribution in [3.63, 3.8) is 0 Å². The zero-order valence-corrected chi connectivity index (χ0v) is 11.2. The zero-order chi connectivity index (χ0) is 14.0. The van der Waals surface area contributed by atoms with E-state index in [1.165, 1.54) is 0 Å². The minimum absolute atomic E-state index is 0.0494. The van der Waals surface area contributed by atoms with E-state index in [1.54, 1.807) is 13.0 Å². The highest BCUT2D eigenvalue weighted by molar-refractivity contribution is 5.97. The van der Waals surface area contributed by atoms with Crippen molar-refractivity contribution < 1.29 is 9.59 Å². The number of amides is 2. The fourth-order valence-electron chi connectivity index (χ4n) is 1.67. The Kier molecular flexibility index (Phi) is 3.85. The quantitative estimate of drug-likeness (QED) is 0.770. The standard InChI is InChI=1S/C14H19N3O2/c1-8-3-6-11(16-14(19)10-4-5-10)7-12(8)17-13(18)9(2)15/h3,6-7,9-10H,4-5,15H2,1-2H3,(H,16,19)(H,17,18)/t9-/m1/s1. The number of hydrogen-bond donors (Lipinski definition) is 3. The van der Waals surface area contributed by atoms with E-state index in [9.17, 15) is 9.59 Å². The van der Waals surface area contributed by atoms with Crippen LogP contribution >= 0.6 is 0 Å². The number of benzene rings is 1. The average molecular weight is 261 g/mol. The van der Waals surface area contributed by atoms with Gasteiger partial charge in [0.2, 0.25) is 11.8 Å². The molecule has 5 heteroatoms. The molecule has 0 spiro atoms. The molecule has 1 aromatic carbocycles. The van der Waals surface area contributed by atoms with Crippen LogP contribution < -0.4 is 16.4 Å². The summed E-state index contributed by atoms with van der Waals surface area (Å²) in [5.74, 6) is -0.0366. The first-order valence-electron chi connectivity index (χ1n) is 6.45. The first-order valence-corrected chi connectivity index (χ1v) is 6.45. The lowest BCUT2D eigenvalue weighted by Gasteiger charge is -2.12. The van der Waals surface area contributed by atoms with Crippen molar-refractivity contribution in [2.45, 2.75) is 32.7 Å². The molecule has 2 rings (SSSR count). The van der Waals surface area contributed by atoms with Crippen LogP contribution in [0.25, 0.3) is 0 Å². The van der Waals surface area contributed by atoms with Gasteiger partial charge in [0.1, 0.15) is 0 Å². The number of anilines is 2.